The SMILES string of the molecule is CCCOCCCCCOCCNC. The standard InChI is InChI=1S/C11H25NO2/c1-3-8-13-9-5-4-6-10-14-11-7-12-2/h12H,3-11H2,1-2H3. The third kappa shape index (κ3) is 11.9. The second-order valence-corrected chi connectivity index (χ2v) is 3.39. The van der Waals surface area contributed by atoms with E-state index in [1.807, 2.05) is 7.05 Å². The van der Waals surface area contributed by atoms with Crippen molar-refractivity contribution in [2.75, 3.05) is 40.0 Å². The van der Waals surface area contributed by atoms with E-state index in [4.69, 9.17) is 9.47 Å². The number of unbranched alkanes of at least 4 members (excludes halogenated alkanes) is 2. The predicted octanol–water partition coefficient (Wildman–Crippen LogP) is 1.82. The number of nitrogens with one attached hydrogen (secondary N) is 1. The Labute approximate surface area is 88.2 Å². The second kappa shape index (κ2) is 12.9. The van der Waals surface area contributed by atoms with Crippen molar-refractivity contribution in [3.05, 3.63) is 0 Å². The largest absolute Gasteiger partial charge is 0.381 e. The van der Waals surface area contributed by atoms with Gasteiger partial charge in [-0.25, -0.2) is 0 Å². The summed E-state index contributed by atoms with van der Waals surface area (Å²) in [5.74, 6) is 0. The molecule has 0 aliphatic heterocycles. The van der Waals surface area contributed by atoms with Gasteiger partial charge >= 0.3 is 0 Å². The van der Waals surface area contributed by atoms with Crippen molar-refractivity contribution in [3.63, 3.8) is 0 Å². The van der Waals surface area contributed by atoms with Crippen LogP contribution in [0.1, 0.15) is 32.6 Å². The Bertz CT molecular complexity index is 87.3. The first-order valence-corrected chi connectivity index (χ1v) is 5.72. The zero-order chi connectivity index (χ0) is 10.5. The molecule has 3 nitrogen and oxygen atoms in total. The van der Waals surface area contributed by atoms with Gasteiger partial charge in [0.2, 0.25) is 0 Å². The molecule has 0 rings (SSSR count). The van der Waals surface area contributed by atoms with Crippen LogP contribution in [0.3, 0.4) is 0 Å². The summed E-state index contributed by atoms with van der Waals surface area (Å²) in [6.07, 6.45) is 4.64. The lowest BCUT2D eigenvalue weighted by Gasteiger charge is -2.04. The highest BCUT2D eigenvalue weighted by molar-refractivity contribution is 4.42. The summed E-state index contributed by atoms with van der Waals surface area (Å²) >= 11 is 0. The van der Waals surface area contributed by atoms with Crippen LogP contribution in [0.4, 0.5) is 0 Å². The van der Waals surface area contributed by atoms with Crippen molar-refractivity contribution in [1.29, 1.82) is 0 Å². The number of hydrogen-bond donors (Lipinski definition) is 1. The Morgan fingerprint density at radius 3 is 2.07 bits per heavy atom. The molecule has 0 radical (unpaired) electrons. The van der Waals surface area contributed by atoms with Crippen LogP contribution in [0.2, 0.25) is 0 Å². The highest BCUT2D eigenvalue weighted by Crippen LogP contribution is 1.96. The van der Waals surface area contributed by atoms with Gasteiger partial charge in [0.25, 0.3) is 0 Å². The quantitative estimate of drug-likeness (QED) is 0.520. The van der Waals surface area contributed by atoms with E-state index >= 15 is 0 Å². The molecule has 0 saturated heterocycles. The zero-order valence-electron chi connectivity index (χ0n) is 9.68. The molecule has 86 valence electrons. The summed E-state index contributed by atoms with van der Waals surface area (Å²) < 4.78 is 10.8. The lowest BCUT2D eigenvalue weighted by atomic mass is 10.2. The fraction of sp³-hybridized carbons (Fsp3) is 1.00. The fourth-order valence-corrected chi connectivity index (χ4v) is 1.11. The summed E-state index contributed by atoms with van der Waals surface area (Å²) in [6, 6.07) is 0. The van der Waals surface area contributed by atoms with E-state index in [-0.39, 0.29) is 0 Å². The molecule has 0 bridgehead atoms. The minimum atomic E-state index is 0.822. The lowest BCUT2D eigenvalue weighted by molar-refractivity contribution is 0.116. The summed E-state index contributed by atoms with van der Waals surface area (Å²) in [6.45, 7) is 6.59. The molecule has 0 heterocycles. The molecule has 14 heavy (non-hydrogen) atoms. The molecule has 0 aromatic heterocycles. The van der Waals surface area contributed by atoms with Crippen molar-refractivity contribution in [2.24, 2.45) is 0 Å². The van der Waals surface area contributed by atoms with E-state index in [1.54, 1.807) is 0 Å². The number of rotatable bonds is 11. The third-order valence-electron chi connectivity index (χ3n) is 1.92. The maximum atomic E-state index is 5.40. The molecule has 0 saturated carbocycles. The minimum absolute atomic E-state index is 0.822. The van der Waals surface area contributed by atoms with E-state index in [0.29, 0.717) is 0 Å². The van der Waals surface area contributed by atoms with Gasteiger partial charge in [0.1, 0.15) is 0 Å². The average Bonchev–Trinajstić information content (AvgIpc) is 2.21. The monoisotopic (exact) mass is 203 g/mol. The van der Waals surface area contributed by atoms with Crippen LogP contribution in [0.25, 0.3) is 0 Å². The molecule has 0 aromatic carbocycles. The van der Waals surface area contributed by atoms with Crippen LogP contribution in [0.5, 0.6) is 0 Å². The topological polar surface area (TPSA) is 30.5 Å². The summed E-state index contributed by atoms with van der Waals surface area (Å²) in [7, 11) is 1.94. The third-order valence-corrected chi connectivity index (χ3v) is 1.92. The van der Waals surface area contributed by atoms with Gasteiger partial charge in [-0.1, -0.05) is 6.92 Å². The molecule has 0 unspecified atom stereocenters. The summed E-state index contributed by atoms with van der Waals surface area (Å²) in [5, 5.41) is 3.05. The maximum absolute atomic E-state index is 5.40. The minimum Gasteiger partial charge on any atom is -0.381 e. The molecule has 0 spiro atoms. The fourth-order valence-electron chi connectivity index (χ4n) is 1.11. The van der Waals surface area contributed by atoms with Crippen LogP contribution in [-0.2, 0) is 9.47 Å². The Hall–Kier alpha value is -0.120. The van der Waals surface area contributed by atoms with Gasteiger partial charge in [-0.05, 0) is 32.7 Å². The van der Waals surface area contributed by atoms with E-state index in [9.17, 15) is 0 Å². The van der Waals surface area contributed by atoms with Gasteiger partial charge in [-0.15, -0.1) is 0 Å². The van der Waals surface area contributed by atoms with Gasteiger partial charge in [-0.3, -0.25) is 0 Å². The normalized spacial score (nSPS) is 10.7. The van der Waals surface area contributed by atoms with Crippen molar-refractivity contribution in [2.45, 2.75) is 32.6 Å². The number of likely N-dealkylation sites (N-methyl/N-ethyl adjacent to an activating group) is 1. The molecule has 0 aromatic rings. The van der Waals surface area contributed by atoms with Crippen LogP contribution in [0.15, 0.2) is 0 Å². The van der Waals surface area contributed by atoms with Crippen molar-refractivity contribution >= 4 is 0 Å². The molecule has 0 fully saturated rings. The van der Waals surface area contributed by atoms with Gasteiger partial charge in [0, 0.05) is 26.4 Å². The molecule has 0 aliphatic rings. The maximum Gasteiger partial charge on any atom is 0.0590 e. The van der Waals surface area contributed by atoms with Crippen LogP contribution >= 0.6 is 0 Å². The van der Waals surface area contributed by atoms with Crippen molar-refractivity contribution < 1.29 is 9.47 Å². The molecule has 0 atom stereocenters. The van der Waals surface area contributed by atoms with Gasteiger partial charge in [-0.2, -0.15) is 0 Å². The van der Waals surface area contributed by atoms with Gasteiger partial charge in [0.15, 0.2) is 0 Å². The first kappa shape index (κ1) is 13.9. The van der Waals surface area contributed by atoms with Crippen LogP contribution in [0, 0.1) is 0 Å². The van der Waals surface area contributed by atoms with Gasteiger partial charge < -0.3 is 14.8 Å². The summed E-state index contributed by atoms with van der Waals surface area (Å²) in [5.41, 5.74) is 0. The first-order chi connectivity index (χ1) is 6.91. The van der Waals surface area contributed by atoms with Crippen LogP contribution in [-0.4, -0.2) is 40.0 Å². The number of ether oxygens (including phenoxy) is 2. The summed E-state index contributed by atoms with van der Waals surface area (Å²) in [4.78, 5) is 0. The predicted molar refractivity (Wildman–Crippen MR) is 59.7 cm³/mol. The molecule has 1 N–H and O–H groups in total. The van der Waals surface area contributed by atoms with Crippen molar-refractivity contribution in [3.8, 4) is 0 Å². The molecule has 0 aliphatic carbocycles. The molecular formula is C11H25NO2. The van der Waals surface area contributed by atoms with E-state index in [2.05, 4.69) is 12.2 Å². The van der Waals surface area contributed by atoms with E-state index in [1.165, 1.54) is 6.42 Å². The molecular weight excluding hydrogens is 178 g/mol. The smallest absolute Gasteiger partial charge is 0.0590 e. The Kier molecular flexibility index (Phi) is 12.8. The van der Waals surface area contributed by atoms with Crippen molar-refractivity contribution in [1.82, 2.24) is 5.32 Å². The van der Waals surface area contributed by atoms with E-state index in [0.717, 1.165) is 52.2 Å². The highest BCUT2D eigenvalue weighted by atomic mass is 16.5. The van der Waals surface area contributed by atoms with Crippen LogP contribution < -0.4 is 5.32 Å². The Balaban J connectivity index is 2.78. The first-order valence-electron chi connectivity index (χ1n) is 5.72. The van der Waals surface area contributed by atoms with E-state index < -0.39 is 0 Å². The lowest BCUT2D eigenvalue weighted by Crippen LogP contribution is -2.14. The average molecular weight is 203 g/mol. The Morgan fingerprint density at radius 2 is 1.50 bits per heavy atom. The number of hydrogen-bond acceptors (Lipinski definition) is 3. The Morgan fingerprint density at radius 1 is 0.857 bits per heavy atom. The molecule has 0 amide bonds. The second-order valence-electron chi connectivity index (χ2n) is 3.39. The van der Waals surface area contributed by atoms with Gasteiger partial charge in [0.05, 0.1) is 6.61 Å². The molecule has 3 heteroatoms. The highest BCUT2D eigenvalue weighted by Gasteiger charge is 1.90. The zero-order valence-corrected chi connectivity index (χ0v) is 9.68.